The molecule has 2 heterocycles. The molecule has 0 bridgehead atoms. The van der Waals surface area contributed by atoms with E-state index in [4.69, 9.17) is 9.07 Å². The Kier molecular flexibility index (Phi) is 8.24. The molecule has 0 atom stereocenters. The highest BCUT2D eigenvalue weighted by atomic mass is 16.4. The molecule has 10 aromatic rings. The van der Waals surface area contributed by atoms with Crippen LogP contribution < -0.4 is 15.8 Å². The van der Waals surface area contributed by atoms with E-state index in [2.05, 4.69) is 221 Å². The van der Waals surface area contributed by atoms with Gasteiger partial charge in [0.25, 0.3) is 0 Å². The molecule has 0 fully saturated rings. The van der Waals surface area contributed by atoms with Gasteiger partial charge in [-0.25, -0.2) is 0 Å². The van der Waals surface area contributed by atoms with Crippen molar-refractivity contribution < 1.29 is 9.07 Å². The topological polar surface area (TPSA) is 25.6 Å². The summed E-state index contributed by atoms with van der Waals surface area (Å²) in [5.74, 6) is 0. The van der Waals surface area contributed by atoms with E-state index < -0.39 is 0 Å². The molecular weight excluding hydrogens is 789 g/mol. The summed E-state index contributed by atoms with van der Waals surface area (Å²) in [6.45, 7) is 9.98. The third-order valence-corrected chi connectivity index (χ3v) is 14.8. The number of para-hydroxylation sites is 1. The maximum Gasteiger partial charge on any atom is 0.362 e. The Labute approximate surface area is 380 Å². The number of anilines is 3. The lowest BCUT2D eigenvalue weighted by Gasteiger charge is -2.29. The van der Waals surface area contributed by atoms with Crippen molar-refractivity contribution in [3.05, 3.63) is 222 Å². The van der Waals surface area contributed by atoms with Crippen molar-refractivity contribution >= 4 is 56.8 Å². The zero-order valence-corrected chi connectivity index (χ0v) is 37.0. The molecule has 310 valence electrons. The highest BCUT2D eigenvalue weighted by Crippen LogP contribution is 2.54. The lowest BCUT2D eigenvalue weighted by molar-refractivity contribution is 0.337. The minimum Gasteiger partial charge on any atom is -0.456 e. The standard InChI is InChI=1S/C61H46BNO2/c1-60(2)53-22-11-8-19-45(53)47-28-26-43(33-55(47)60)63(44-27-29-49-48-21-10-13-24-58(48)65-59(49)34-44)42-18-14-15-38(32-42)51-36-56-52(46-20-9-12-23-54(46)61(56,3)4)35-50(51)39-25-30-57-40(31-39)37-64-62(57)41-16-6-5-7-17-41/h5-36H,37H2,1-4H3. The van der Waals surface area contributed by atoms with E-state index in [0.29, 0.717) is 6.61 Å². The summed E-state index contributed by atoms with van der Waals surface area (Å²) in [4.78, 5) is 2.42. The molecule has 1 aromatic heterocycles. The van der Waals surface area contributed by atoms with Gasteiger partial charge in [-0.1, -0.05) is 155 Å². The number of hydrogen-bond acceptors (Lipinski definition) is 3. The Morgan fingerprint density at radius 2 is 1.03 bits per heavy atom. The van der Waals surface area contributed by atoms with Crippen LogP contribution in [-0.4, -0.2) is 6.92 Å². The molecule has 3 nitrogen and oxygen atoms in total. The number of hydrogen-bond donors (Lipinski definition) is 0. The highest BCUT2D eigenvalue weighted by molar-refractivity contribution is 6.81. The van der Waals surface area contributed by atoms with Crippen LogP contribution in [0.15, 0.2) is 199 Å². The number of furan rings is 1. The number of nitrogens with zero attached hydrogens (tertiary/aromatic N) is 1. The molecule has 9 aromatic carbocycles. The average Bonchev–Trinajstić information content (AvgIpc) is 4.06. The summed E-state index contributed by atoms with van der Waals surface area (Å²) in [7, 11) is 0. The SMILES string of the molecule is CC1(C)c2ccccc2-c2ccc(N(c3cccc(-c4cc5c(cc4-c4ccc6c(c4)COB6c4ccccc4)-c4ccccc4C5(C)C)c3)c3ccc4c(c3)oc3ccccc34)cc21. The van der Waals surface area contributed by atoms with Crippen molar-refractivity contribution in [2.45, 2.75) is 45.1 Å². The summed E-state index contributed by atoms with van der Waals surface area (Å²) >= 11 is 0. The first-order chi connectivity index (χ1) is 31.7. The molecule has 1 aliphatic heterocycles. The Morgan fingerprint density at radius 3 is 1.85 bits per heavy atom. The maximum absolute atomic E-state index is 6.54. The van der Waals surface area contributed by atoms with E-state index in [1.54, 1.807) is 0 Å². The highest BCUT2D eigenvalue weighted by Gasteiger charge is 2.38. The first-order valence-electron chi connectivity index (χ1n) is 22.9. The van der Waals surface area contributed by atoms with Gasteiger partial charge in [-0.15, -0.1) is 0 Å². The zero-order valence-electron chi connectivity index (χ0n) is 37.0. The first-order valence-corrected chi connectivity index (χ1v) is 22.9. The summed E-state index contributed by atoms with van der Waals surface area (Å²) in [6, 6.07) is 71.5. The molecule has 2 aliphatic carbocycles. The summed E-state index contributed by atoms with van der Waals surface area (Å²) in [5, 5.41) is 2.24. The van der Waals surface area contributed by atoms with Gasteiger partial charge in [-0.3, -0.25) is 0 Å². The van der Waals surface area contributed by atoms with Crippen molar-refractivity contribution in [3.63, 3.8) is 0 Å². The Balaban J connectivity index is 1.00. The smallest absolute Gasteiger partial charge is 0.362 e. The largest absolute Gasteiger partial charge is 0.456 e. The normalized spacial score (nSPS) is 14.9. The van der Waals surface area contributed by atoms with Crippen LogP contribution in [0, 0.1) is 0 Å². The summed E-state index contributed by atoms with van der Waals surface area (Å²) in [5.41, 5.74) is 23.8. The molecule has 0 amide bonds. The number of rotatable bonds is 6. The van der Waals surface area contributed by atoms with Crippen molar-refractivity contribution in [3.8, 4) is 44.5 Å². The second-order valence-corrected chi connectivity index (χ2v) is 19.2. The molecule has 65 heavy (non-hydrogen) atoms. The van der Waals surface area contributed by atoms with E-state index >= 15 is 0 Å². The van der Waals surface area contributed by atoms with Crippen LogP contribution in [0.5, 0.6) is 0 Å². The van der Waals surface area contributed by atoms with Gasteiger partial charge in [-0.05, 0) is 144 Å². The molecule has 3 aliphatic rings. The molecule has 0 saturated heterocycles. The summed E-state index contributed by atoms with van der Waals surface area (Å²) < 4.78 is 13.0. The first kappa shape index (κ1) is 38.1. The van der Waals surface area contributed by atoms with Crippen LogP contribution >= 0.6 is 0 Å². The maximum atomic E-state index is 6.54. The third-order valence-electron chi connectivity index (χ3n) is 14.8. The fourth-order valence-corrected chi connectivity index (χ4v) is 11.5. The minimum absolute atomic E-state index is 0.0622. The van der Waals surface area contributed by atoms with E-state index in [0.717, 1.165) is 44.6 Å². The number of fused-ring (bicyclic) bond motifs is 10. The van der Waals surface area contributed by atoms with Crippen LogP contribution in [0.2, 0.25) is 0 Å². The van der Waals surface area contributed by atoms with Crippen LogP contribution in [0.4, 0.5) is 17.1 Å². The third kappa shape index (κ3) is 5.73. The second kappa shape index (κ2) is 14.1. The van der Waals surface area contributed by atoms with Gasteiger partial charge >= 0.3 is 6.92 Å². The zero-order chi connectivity index (χ0) is 43.6. The Morgan fingerprint density at radius 1 is 0.415 bits per heavy atom. The minimum atomic E-state index is -0.158. The van der Waals surface area contributed by atoms with Gasteiger partial charge in [0.1, 0.15) is 11.2 Å². The lowest BCUT2D eigenvalue weighted by atomic mass is 9.56. The van der Waals surface area contributed by atoms with E-state index in [9.17, 15) is 0 Å². The Hall–Kier alpha value is -7.40. The van der Waals surface area contributed by atoms with Gasteiger partial charge in [0.2, 0.25) is 0 Å². The quantitative estimate of drug-likeness (QED) is 0.156. The molecule has 0 radical (unpaired) electrons. The van der Waals surface area contributed by atoms with Gasteiger partial charge in [0.05, 0.1) is 6.61 Å². The molecule has 0 N–H and O–H groups in total. The van der Waals surface area contributed by atoms with E-state index in [1.165, 1.54) is 77.7 Å². The molecule has 0 unspecified atom stereocenters. The molecule has 4 heteroatoms. The molecule has 0 saturated carbocycles. The van der Waals surface area contributed by atoms with Crippen LogP contribution in [0.25, 0.3) is 66.4 Å². The van der Waals surface area contributed by atoms with Crippen molar-refractivity contribution in [2.24, 2.45) is 0 Å². The number of benzene rings is 9. The van der Waals surface area contributed by atoms with Crippen molar-refractivity contribution in [2.75, 3.05) is 4.90 Å². The van der Waals surface area contributed by atoms with Crippen molar-refractivity contribution in [1.29, 1.82) is 0 Å². The predicted molar refractivity (Wildman–Crippen MR) is 271 cm³/mol. The molecular formula is C61H46BNO2. The van der Waals surface area contributed by atoms with Crippen LogP contribution in [0.3, 0.4) is 0 Å². The van der Waals surface area contributed by atoms with E-state index in [-0.39, 0.29) is 17.7 Å². The average molecular weight is 836 g/mol. The van der Waals surface area contributed by atoms with Crippen molar-refractivity contribution in [1.82, 2.24) is 0 Å². The monoisotopic (exact) mass is 835 g/mol. The van der Waals surface area contributed by atoms with Crippen LogP contribution in [0.1, 0.15) is 55.5 Å². The van der Waals surface area contributed by atoms with Gasteiger partial charge in [0, 0.05) is 44.7 Å². The van der Waals surface area contributed by atoms with Crippen LogP contribution in [-0.2, 0) is 22.1 Å². The predicted octanol–water partition coefficient (Wildman–Crippen LogP) is 14.6. The summed E-state index contributed by atoms with van der Waals surface area (Å²) in [6.07, 6.45) is 0. The second-order valence-electron chi connectivity index (χ2n) is 19.2. The molecule has 0 spiro atoms. The fourth-order valence-electron chi connectivity index (χ4n) is 11.5. The fraction of sp³-hybridized carbons (Fsp3) is 0.115. The van der Waals surface area contributed by atoms with Gasteiger partial charge < -0.3 is 14.0 Å². The van der Waals surface area contributed by atoms with E-state index in [1.807, 2.05) is 6.07 Å². The van der Waals surface area contributed by atoms with Gasteiger partial charge in [-0.2, -0.15) is 0 Å². The Bertz CT molecular complexity index is 3580. The van der Waals surface area contributed by atoms with Gasteiger partial charge in [0.15, 0.2) is 0 Å². The lowest BCUT2D eigenvalue weighted by Crippen LogP contribution is -2.40. The molecule has 13 rings (SSSR count).